The average Bonchev–Trinajstić information content (AvgIpc) is 2.67. The summed E-state index contributed by atoms with van der Waals surface area (Å²) in [5.74, 6) is 1.01. The number of nitrogens with zero attached hydrogens (tertiary/aromatic N) is 2. The number of hydrogen-bond acceptors (Lipinski definition) is 4. The quantitative estimate of drug-likeness (QED) is 0.822. The minimum absolute atomic E-state index is 0.576. The van der Waals surface area contributed by atoms with E-state index in [-0.39, 0.29) is 0 Å². The highest BCUT2D eigenvalue weighted by Crippen LogP contribution is 2.27. The van der Waals surface area contributed by atoms with Crippen molar-refractivity contribution in [3.8, 4) is 0 Å². The molecule has 4 heteroatoms. The van der Waals surface area contributed by atoms with E-state index in [2.05, 4.69) is 28.2 Å². The first kappa shape index (κ1) is 12.3. The van der Waals surface area contributed by atoms with Crippen molar-refractivity contribution >= 4 is 5.82 Å². The Bertz CT molecular complexity index is 379. The Labute approximate surface area is 103 Å². The monoisotopic (exact) mass is 235 g/mol. The molecule has 2 rings (SSSR count). The maximum absolute atomic E-state index is 10.0. The van der Waals surface area contributed by atoms with E-state index in [4.69, 9.17) is 0 Å². The molecular formula is C13H21N3O. The molecule has 2 N–H and O–H groups in total. The van der Waals surface area contributed by atoms with Crippen LogP contribution in [-0.2, 0) is 6.54 Å². The van der Waals surface area contributed by atoms with Crippen LogP contribution in [0.5, 0.6) is 0 Å². The minimum atomic E-state index is -0.576. The van der Waals surface area contributed by atoms with Gasteiger partial charge in [0, 0.05) is 31.4 Å². The predicted molar refractivity (Wildman–Crippen MR) is 69.1 cm³/mol. The summed E-state index contributed by atoms with van der Waals surface area (Å²) in [4.78, 5) is 6.63. The van der Waals surface area contributed by atoms with E-state index in [0.717, 1.165) is 31.9 Å². The van der Waals surface area contributed by atoms with E-state index in [1.807, 2.05) is 19.2 Å². The molecule has 1 aliphatic rings. The number of aliphatic hydroxyl groups is 1. The molecule has 1 saturated heterocycles. The number of rotatable bonds is 4. The summed E-state index contributed by atoms with van der Waals surface area (Å²) in [6, 6.07) is 4.06. The highest BCUT2D eigenvalue weighted by atomic mass is 16.3. The van der Waals surface area contributed by atoms with E-state index >= 15 is 0 Å². The van der Waals surface area contributed by atoms with Crippen molar-refractivity contribution in [3.05, 3.63) is 23.9 Å². The third-order valence-electron chi connectivity index (χ3n) is 3.18. The second-order valence-electron chi connectivity index (χ2n) is 4.93. The highest BCUT2D eigenvalue weighted by molar-refractivity contribution is 5.48. The fourth-order valence-corrected chi connectivity index (χ4v) is 2.24. The summed E-state index contributed by atoms with van der Waals surface area (Å²) in [6.45, 7) is 7.31. The lowest BCUT2D eigenvalue weighted by Gasteiger charge is -2.22. The molecule has 94 valence electrons. The van der Waals surface area contributed by atoms with Crippen molar-refractivity contribution in [2.75, 3.05) is 24.5 Å². The molecule has 1 unspecified atom stereocenters. The fourth-order valence-electron chi connectivity index (χ4n) is 2.24. The molecule has 0 aliphatic carbocycles. The Kier molecular flexibility index (Phi) is 3.64. The van der Waals surface area contributed by atoms with Crippen LogP contribution >= 0.6 is 0 Å². The van der Waals surface area contributed by atoms with Gasteiger partial charge in [-0.2, -0.15) is 0 Å². The topological polar surface area (TPSA) is 48.4 Å². The summed E-state index contributed by atoms with van der Waals surface area (Å²) in [7, 11) is 0. The first-order valence-electron chi connectivity index (χ1n) is 6.24. The van der Waals surface area contributed by atoms with Gasteiger partial charge in [-0.3, -0.25) is 0 Å². The van der Waals surface area contributed by atoms with E-state index in [9.17, 15) is 5.11 Å². The third-order valence-corrected chi connectivity index (χ3v) is 3.18. The Morgan fingerprint density at radius 1 is 1.59 bits per heavy atom. The first-order valence-corrected chi connectivity index (χ1v) is 6.24. The molecule has 0 saturated carbocycles. The molecule has 1 aromatic heterocycles. The van der Waals surface area contributed by atoms with Crippen molar-refractivity contribution in [2.24, 2.45) is 0 Å². The summed E-state index contributed by atoms with van der Waals surface area (Å²) in [5, 5.41) is 13.3. The lowest BCUT2D eigenvalue weighted by Crippen LogP contribution is -2.31. The zero-order valence-corrected chi connectivity index (χ0v) is 10.6. The maximum atomic E-state index is 10.0. The minimum Gasteiger partial charge on any atom is -0.388 e. The van der Waals surface area contributed by atoms with Crippen LogP contribution in [0.25, 0.3) is 0 Å². The van der Waals surface area contributed by atoms with Gasteiger partial charge in [0.05, 0.1) is 5.60 Å². The summed E-state index contributed by atoms with van der Waals surface area (Å²) in [6.07, 6.45) is 2.63. The Morgan fingerprint density at radius 3 is 3.06 bits per heavy atom. The Balaban J connectivity index is 2.15. The lowest BCUT2D eigenvalue weighted by atomic mass is 10.1. The normalized spacial score (nSPS) is 24.3. The van der Waals surface area contributed by atoms with Crippen LogP contribution in [0.1, 0.15) is 25.8 Å². The number of aromatic nitrogens is 1. The molecule has 0 aromatic carbocycles. The second-order valence-corrected chi connectivity index (χ2v) is 4.93. The van der Waals surface area contributed by atoms with Gasteiger partial charge >= 0.3 is 0 Å². The van der Waals surface area contributed by atoms with Crippen LogP contribution in [0.2, 0.25) is 0 Å². The van der Waals surface area contributed by atoms with Gasteiger partial charge in [-0.15, -0.1) is 0 Å². The smallest absolute Gasteiger partial charge is 0.133 e. The molecule has 1 aromatic rings. The molecule has 0 radical (unpaired) electrons. The van der Waals surface area contributed by atoms with Gasteiger partial charge < -0.3 is 15.3 Å². The molecule has 0 amide bonds. The highest BCUT2D eigenvalue weighted by Gasteiger charge is 2.32. The van der Waals surface area contributed by atoms with Crippen LogP contribution < -0.4 is 10.2 Å². The molecule has 1 aliphatic heterocycles. The molecule has 2 heterocycles. The largest absolute Gasteiger partial charge is 0.388 e. The van der Waals surface area contributed by atoms with Gasteiger partial charge in [0.15, 0.2) is 0 Å². The number of hydrogen-bond donors (Lipinski definition) is 2. The van der Waals surface area contributed by atoms with Gasteiger partial charge in [0.2, 0.25) is 0 Å². The van der Waals surface area contributed by atoms with Crippen molar-refractivity contribution in [1.29, 1.82) is 0 Å². The molecule has 4 nitrogen and oxygen atoms in total. The predicted octanol–water partition coefficient (Wildman–Crippen LogP) is 1.15. The van der Waals surface area contributed by atoms with E-state index in [1.165, 1.54) is 5.56 Å². The Morgan fingerprint density at radius 2 is 2.41 bits per heavy atom. The van der Waals surface area contributed by atoms with Crippen molar-refractivity contribution in [2.45, 2.75) is 32.4 Å². The summed E-state index contributed by atoms with van der Waals surface area (Å²) >= 11 is 0. The number of anilines is 1. The number of pyridine rings is 1. The molecule has 0 spiro atoms. The fraction of sp³-hybridized carbons (Fsp3) is 0.615. The van der Waals surface area contributed by atoms with Crippen molar-refractivity contribution < 1.29 is 5.11 Å². The van der Waals surface area contributed by atoms with Gasteiger partial charge in [0.25, 0.3) is 0 Å². The van der Waals surface area contributed by atoms with Gasteiger partial charge in [-0.1, -0.05) is 13.0 Å². The van der Waals surface area contributed by atoms with Crippen LogP contribution in [0.3, 0.4) is 0 Å². The van der Waals surface area contributed by atoms with Crippen molar-refractivity contribution in [1.82, 2.24) is 10.3 Å². The molecule has 1 atom stereocenters. The molecule has 17 heavy (non-hydrogen) atoms. The zero-order valence-electron chi connectivity index (χ0n) is 10.6. The zero-order chi connectivity index (χ0) is 12.3. The first-order chi connectivity index (χ1) is 8.12. The van der Waals surface area contributed by atoms with Crippen LogP contribution in [0.4, 0.5) is 5.82 Å². The average molecular weight is 235 g/mol. The molecule has 0 bridgehead atoms. The Hall–Kier alpha value is -1.13. The van der Waals surface area contributed by atoms with Gasteiger partial charge in [0.1, 0.15) is 5.82 Å². The van der Waals surface area contributed by atoms with Crippen LogP contribution in [0.15, 0.2) is 18.3 Å². The van der Waals surface area contributed by atoms with E-state index in [0.29, 0.717) is 6.54 Å². The second kappa shape index (κ2) is 5.02. The van der Waals surface area contributed by atoms with Crippen LogP contribution in [0, 0.1) is 0 Å². The number of nitrogens with one attached hydrogen (secondary N) is 1. The summed E-state index contributed by atoms with van der Waals surface area (Å²) < 4.78 is 0. The summed E-state index contributed by atoms with van der Waals surface area (Å²) in [5.41, 5.74) is 0.625. The molecule has 1 fully saturated rings. The standard InChI is InChI=1S/C13H21N3O/c1-3-14-9-11-5-4-7-15-12(11)16-8-6-13(2,17)10-16/h4-5,7,14,17H,3,6,8-10H2,1-2H3. The maximum Gasteiger partial charge on any atom is 0.133 e. The van der Waals surface area contributed by atoms with Gasteiger partial charge in [-0.25, -0.2) is 4.98 Å². The molecular weight excluding hydrogens is 214 g/mol. The number of β-amino-alcohol motifs (C(OH)–C–C–N with tert-alkyl or cyclic N) is 1. The van der Waals surface area contributed by atoms with E-state index < -0.39 is 5.60 Å². The third kappa shape index (κ3) is 2.96. The lowest BCUT2D eigenvalue weighted by molar-refractivity contribution is 0.0839. The van der Waals surface area contributed by atoms with Gasteiger partial charge in [-0.05, 0) is 26.0 Å². The van der Waals surface area contributed by atoms with Crippen LogP contribution in [-0.4, -0.2) is 35.3 Å². The SMILES string of the molecule is CCNCc1cccnc1N1CCC(C)(O)C1. The van der Waals surface area contributed by atoms with E-state index in [1.54, 1.807) is 0 Å². The van der Waals surface area contributed by atoms with Crippen molar-refractivity contribution in [3.63, 3.8) is 0 Å².